The van der Waals surface area contributed by atoms with Crippen molar-refractivity contribution in [3.05, 3.63) is 35.8 Å². The third kappa shape index (κ3) is 4.46. The molecule has 3 heteroatoms. The molecule has 0 amide bonds. The van der Waals surface area contributed by atoms with E-state index in [0.29, 0.717) is 19.6 Å². The summed E-state index contributed by atoms with van der Waals surface area (Å²) >= 11 is 0. The molecule has 92 valence electrons. The largest absolute Gasteiger partial charge is 0.466 e. The number of piperidine rings is 1. The summed E-state index contributed by atoms with van der Waals surface area (Å²) in [6, 6.07) is 0. The Bertz CT molecular complexity index is 359. The Hall–Kier alpha value is -1.53. The van der Waals surface area contributed by atoms with Gasteiger partial charge in [0.05, 0.1) is 13.0 Å². The van der Waals surface area contributed by atoms with Crippen molar-refractivity contribution in [2.75, 3.05) is 26.2 Å². The molecule has 1 fully saturated rings. The van der Waals surface area contributed by atoms with Crippen molar-refractivity contribution < 1.29 is 9.53 Å². The fourth-order valence-electron chi connectivity index (χ4n) is 1.84. The Labute approximate surface area is 103 Å². The summed E-state index contributed by atoms with van der Waals surface area (Å²) in [7, 11) is 0. The molecule has 0 saturated carbocycles. The van der Waals surface area contributed by atoms with Crippen molar-refractivity contribution in [1.29, 1.82) is 0 Å². The third-order valence-corrected chi connectivity index (χ3v) is 2.69. The van der Waals surface area contributed by atoms with Crippen molar-refractivity contribution in [2.45, 2.75) is 19.8 Å². The lowest BCUT2D eigenvalue weighted by molar-refractivity contribution is -0.143. The summed E-state index contributed by atoms with van der Waals surface area (Å²) in [5.41, 5.74) is 8.12. The van der Waals surface area contributed by atoms with E-state index in [-0.39, 0.29) is 5.97 Å². The molecule has 0 N–H and O–H groups in total. The lowest BCUT2D eigenvalue weighted by Crippen LogP contribution is -2.34. The fraction of sp³-hybridized carbons (Fsp3) is 0.500. The maximum absolute atomic E-state index is 11.3. The van der Waals surface area contributed by atoms with Gasteiger partial charge in [0, 0.05) is 26.1 Å². The van der Waals surface area contributed by atoms with E-state index in [1.165, 1.54) is 0 Å². The van der Waals surface area contributed by atoms with Crippen molar-refractivity contribution in [2.24, 2.45) is 0 Å². The normalized spacial score (nSPS) is 16.3. The van der Waals surface area contributed by atoms with Gasteiger partial charge in [0.15, 0.2) is 0 Å². The highest BCUT2D eigenvalue weighted by Gasteiger charge is 2.18. The number of hydrogen-bond donors (Lipinski definition) is 0. The van der Waals surface area contributed by atoms with Crippen molar-refractivity contribution in [3.8, 4) is 0 Å². The SMILES string of the molecule is C=C=C1CC(=C=C)CN(CCC(=O)OCC)C1. The Morgan fingerprint density at radius 1 is 1.35 bits per heavy atom. The third-order valence-electron chi connectivity index (χ3n) is 2.69. The second-order valence-corrected chi connectivity index (χ2v) is 4.00. The zero-order valence-corrected chi connectivity index (χ0v) is 10.4. The van der Waals surface area contributed by atoms with E-state index in [2.05, 4.69) is 29.5 Å². The molecule has 0 radical (unpaired) electrons. The van der Waals surface area contributed by atoms with Crippen LogP contribution in [0.3, 0.4) is 0 Å². The average Bonchev–Trinajstić information content (AvgIpc) is 2.36. The second kappa shape index (κ2) is 6.93. The van der Waals surface area contributed by atoms with Crippen molar-refractivity contribution in [1.82, 2.24) is 4.90 Å². The van der Waals surface area contributed by atoms with Gasteiger partial charge in [0.1, 0.15) is 0 Å². The standard InChI is InChI=1S/C14H19NO2/c1-4-12-9-13(5-2)11-15(10-12)8-7-14(16)17-6-3/h1-2,6-11H2,3H3. The molecule has 17 heavy (non-hydrogen) atoms. The molecule has 1 rings (SSSR count). The monoisotopic (exact) mass is 233 g/mol. The molecule has 0 atom stereocenters. The second-order valence-electron chi connectivity index (χ2n) is 4.00. The first-order valence-corrected chi connectivity index (χ1v) is 5.83. The van der Waals surface area contributed by atoms with Crippen LogP contribution < -0.4 is 0 Å². The number of hydrogen-bond acceptors (Lipinski definition) is 3. The number of rotatable bonds is 4. The zero-order valence-electron chi connectivity index (χ0n) is 10.4. The summed E-state index contributed by atoms with van der Waals surface area (Å²) in [5.74, 6) is -0.147. The van der Waals surface area contributed by atoms with Gasteiger partial charge in [-0.2, -0.15) is 0 Å². The molecule has 3 nitrogen and oxygen atoms in total. The van der Waals surface area contributed by atoms with Crippen molar-refractivity contribution >= 4 is 5.97 Å². The zero-order chi connectivity index (χ0) is 12.7. The first-order chi connectivity index (χ1) is 8.19. The van der Waals surface area contributed by atoms with E-state index in [0.717, 1.165) is 30.7 Å². The lowest BCUT2D eigenvalue weighted by Gasteiger charge is -2.28. The number of esters is 1. The van der Waals surface area contributed by atoms with Gasteiger partial charge in [-0.1, -0.05) is 13.2 Å². The number of ether oxygens (including phenoxy) is 1. The number of likely N-dealkylation sites (tertiary alicyclic amines) is 1. The summed E-state index contributed by atoms with van der Waals surface area (Å²) in [4.78, 5) is 13.4. The van der Waals surface area contributed by atoms with Gasteiger partial charge >= 0.3 is 5.97 Å². The molecular weight excluding hydrogens is 214 g/mol. The van der Waals surface area contributed by atoms with Crippen LogP contribution in [0, 0.1) is 0 Å². The highest BCUT2D eigenvalue weighted by Crippen LogP contribution is 2.18. The lowest BCUT2D eigenvalue weighted by atomic mass is 10.0. The van der Waals surface area contributed by atoms with Crippen LogP contribution in [-0.4, -0.2) is 37.1 Å². The molecule has 1 aliphatic heterocycles. The first kappa shape index (κ1) is 13.5. The van der Waals surface area contributed by atoms with E-state index in [9.17, 15) is 4.79 Å². The summed E-state index contributed by atoms with van der Waals surface area (Å²) in [6.07, 6.45) is 1.27. The molecule has 0 aromatic heterocycles. The average molecular weight is 233 g/mol. The van der Waals surface area contributed by atoms with Crippen LogP contribution in [0.25, 0.3) is 0 Å². The van der Waals surface area contributed by atoms with Gasteiger partial charge in [-0.15, -0.1) is 11.5 Å². The molecule has 0 spiro atoms. The molecule has 1 aliphatic rings. The van der Waals surface area contributed by atoms with Gasteiger partial charge in [0.25, 0.3) is 0 Å². The van der Waals surface area contributed by atoms with Gasteiger partial charge in [-0.3, -0.25) is 9.69 Å². The Kier molecular flexibility index (Phi) is 5.51. The molecule has 1 heterocycles. The van der Waals surface area contributed by atoms with E-state index in [1.54, 1.807) is 0 Å². The minimum atomic E-state index is -0.147. The van der Waals surface area contributed by atoms with Gasteiger partial charge in [0.2, 0.25) is 0 Å². The summed E-state index contributed by atoms with van der Waals surface area (Å²) in [5, 5.41) is 0. The van der Waals surface area contributed by atoms with Crippen LogP contribution in [0.2, 0.25) is 0 Å². The minimum Gasteiger partial charge on any atom is -0.466 e. The number of carbonyl (C=O) groups excluding carboxylic acids is 1. The predicted octanol–water partition coefficient (Wildman–Crippen LogP) is 2.07. The number of nitrogens with zero attached hydrogens (tertiary/aromatic N) is 1. The van der Waals surface area contributed by atoms with Crippen LogP contribution in [-0.2, 0) is 9.53 Å². The quantitative estimate of drug-likeness (QED) is 0.550. The summed E-state index contributed by atoms with van der Waals surface area (Å²) in [6.45, 7) is 11.9. The van der Waals surface area contributed by atoms with Crippen LogP contribution in [0.4, 0.5) is 0 Å². The van der Waals surface area contributed by atoms with E-state index in [4.69, 9.17) is 4.74 Å². The van der Waals surface area contributed by atoms with Crippen LogP contribution in [0.1, 0.15) is 19.8 Å². The Morgan fingerprint density at radius 2 is 1.94 bits per heavy atom. The predicted molar refractivity (Wildman–Crippen MR) is 67.6 cm³/mol. The van der Waals surface area contributed by atoms with Crippen LogP contribution in [0.15, 0.2) is 35.8 Å². The van der Waals surface area contributed by atoms with Crippen molar-refractivity contribution in [3.63, 3.8) is 0 Å². The molecule has 0 aromatic carbocycles. The molecule has 0 bridgehead atoms. The van der Waals surface area contributed by atoms with E-state index < -0.39 is 0 Å². The first-order valence-electron chi connectivity index (χ1n) is 5.83. The minimum absolute atomic E-state index is 0.147. The Balaban J connectivity index is 2.51. The molecule has 1 saturated heterocycles. The van der Waals surface area contributed by atoms with Gasteiger partial charge < -0.3 is 4.74 Å². The molecule has 0 aliphatic carbocycles. The molecular formula is C14H19NO2. The van der Waals surface area contributed by atoms with E-state index >= 15 is 0 Å². The van der Waals surface area contributed by atoms with Gasteiger partial charge in [-0.05, 0) is 18.1 Å². The topological polar surface area (TPSA) is 29.5 Å². The van der Waals surface area contributed by atoms with Crippen LogP contribution in [0.5, 0.6) is 0 Å². The molecule has 0 aromatic rings. The number of carbonyl (C=O) groups is 1. The van der Waals surface area contributed by atoms with Gasteiger partial charge in [-0.25, -0.2) is 0 Å². The van der Waals surface area contributed by atoms with E-state index in [1.807, 2.05) is 6.92 Å². The molecule has 0 unspecified atom stereocenters. The Morgan fingerprint density at radius 3 is 2.41 bits per heavy atom. The maximum Gasteiger partial charge on any atom is 0.307 e. The highest BCUT2D eigenvalue weighted by molar-refractivity contribution is 5.69. The smallest absolute Gasteiger partial charge is 0.307 e. The fourth-order valence-corrected chi connectivity index (χ4v) is 1.84. The van der Waals surface area contributed by atoms with Crippen LogP contribution >= 0.6 is 0 Å². The highest BCUT2D eigenvalue weighted by atomic mass is 16.5. The summed E-state index contributed by atoms with van der Waals surface area (Å²) < 4.78 is 4.90. The maximum atomic E-state index is 11.3.